The molecule has 1 aliphatic rings. The van der Waals surface area contributed by atoms with Gasteiger partial charge in [-0.05, 0) is 37.1 Å². The first-order valence-electron chi connectivity index (χ1n) is 7.80. The molecule has 24 heavy (non-hydrogen) atoms. The molecule has 1 amide bonds. The van der Waals surface area contributed by atoms with Crippen molar-refractivity contribution in [3.63, 3.8) is 0 Å². The Bertz CT molecular complexity index is 839. The van der Waals surface area contributed by atoms with Gasteiger partial charge >= 0.3 is 0 Å². The molecule has 1 atom stereocenters. The summed E-state index contributed by atoms with van der Waals surface area (Å²) in [5, 5.41) is 9.06. The number of anilines is 2. The Balaban J connectivity index is 1.96. The summed E-state index contributed by atoms with van der Waals surface area (Å²) in [7, 11) is 0. The first-order valence-corrected chi connectivity index (χ1v) is 7.80. The summed E-state index contributed by atoms with van der Waals surface area (Å²) in [6.45, 7) is 4.02. The number of nitrogens with two attached hydrogens (primary N) is 1. The van der Waals surface area contributed by atoms with Crippen LogP contribution in [0.15, 0.2) is 36.4 Å². The van der Waals surface area contributed by atoms with Crippen molar-refractivity contribution in [1.29, 1.82) is 5.26 Å². The molecule has 2 aromatic carbocycles. The summed E-state index contributed by atoms with van der Waals surface area (Å²) in [5.41, 5.74) is 10.3. The summed E-state index contributed by atoms with van der Waals surface area (Å²) in [4.78, 5) is 14.2. The van der Waals surface area contributed by atoms with Gasteiger partial charge in [-0.1, -0.05) is 23.8 Å². The smallest absolute Gasteiger partial charge is 0.269 e. The molecule has 0 aromatic heterocycles. The first-order chi connectivity index (χ1) is 11.5. The Morgan fingerprint density at radius 3 is 2.79 bits per heavy atom. The quantitative estimate of drug-likeness (QED) is 0.696. The fraction of sp³-hybridized carbons (Fsp3) is 0.263. The number of rotatable bonds is 3. The summed E-state index contributed by atoms with van der Waals surface area (Å²) in [5.74, 6) is 0.342. The minimum absolute atomic E-state index is 0.0115. The third kappa shape index (κ3) is 2.91. The number of carbonyl (C=O) groups excluding carboxylic acids is 1. The number of hydrogen-bond acceptors (Lipinski definition) is 4. The van der Waals surface area contributed by atoms with Gasteiger partial charge in [0.05, 0.1) is 11.8 Å². The van der Waals surface area contributed by atoms with Gasteiger partial charge in [0, 0.05) is 18.2 Å². The van der Waals surface area contributed by atoms with Crippen LogP contribution in [-0.2, 0) is 11.2 Å². The standard InChI is InChI=1S/C19H19N3O2/c1-12-3-4-13(2)14(9-12)10-18-19(23)22(8-7-20)16-6-5-15(21)11-17(16)24-18/h3-6,9,11,18H,8,10,21H2,1-2H3. The van der Waals surface area contributed by atoms with Crippen LogP contribution < -0.4 is 15.4 Å². The average Bonchev–Trinajstić information content (AvgIpc) is 2.54. The van der Waals surface area contributed by atoms with E-state index in [0.29, 0.717) is 23.5 Å². The molecular formula is C19H19N3O2. The molecule has 5 heteroatoms. The number of nitrogens with zero attached hydrogens (tertiary/aromatic N) is 2. The van der Waals surface area contributed by atoms with E-state index in [2.05, 4.69) is 6.07 Å². The van der Waals surface area contributed by atoms with Gasteiger partial charge in [-0.25, -0.2) is 0 Å². The van der Waals surface area contributed by atoms with E-state index in [4.69, 9.17) is 15.7 Å². The Labute approximate surface area is 141 Å². The fourth-order valence-electron chi connectivity index (χ4n) is 2.93. The molecular weight excluding hydrogens is 302 g/mol. The Hall–Kier alpha value is -3.00. The summed E-state index contributed by atoms with van der Waals surface area (Å²) < 4.78 is 5.92. The molecule has 2 N–H and O–H groups in total. The van der Waals surface area contributed by atoms with Crippen LogP contribution in [0, 0.1) is 25.2 Å². The van der Waals surface area contributed by atoms with Crippen LogP contribution in [0.4, 0.5) is 11.4 Å². The molecule has 0 spiro atoms. The van der Waals surface area contributed by atoms with Crippen molar-refractivity contribution < 1.29 is 9.53 Å². The lowest BCUT2D eigenvalue weighted by molar-refractivity contribution is -0.126. The van der Waals surface area contributed by atoms with Crippen LogP contribution in [0.3, 0.4) is 0 Å². The Morgan fingerprint density at radius 2 is 2.04 bits per heavy atom. The van der Waals surface area contributed by atoms with E-state index in [1.54, 1.807) is 18.2 Å². The van der Waals surface area contributed by atoms with Gasteiger partial charge < -0.3 is 10.5 Å². The van der Waals surface area contributed by atoms with Crippen LogP contribution >= 0.6 is 0 Å². The average molecular weight is 321 g/mol. The number of carbonyl (C=O) groups is 1. The Morgan fingerprint density at radius 1 is 1.25 bits per heavy atom. The van der Waals surface area contributed by atoms with Crippen LogP contribution in [0.25, 0.3) is 0 Å². The number of hydrogen-bond donors (Lipinski definition) is 1. The zero-order valence-electron chi connectivity index (χ0n) is 13.7. The molecule has 0 aliphatic carbocycles. The first kappa shape index (κ1) is 15.9. The van der Waals surface area contributed by atoms with E-state index in [-0.39, 0.29) is 12.5 Å². The van der Waals surface area contributed by atoms with Gasteiger partial charge in [0.15, 0.2) is 6.10 Å². The molecule has 1 heterocycles. The normalized spacial score (nSPS) is 16.3. The molecule has 1 unspecified atom stereocenters. The molecule has 122 valence electrons. The van der Waals surface area contributed by atoms with Gasteiger partial charge in [-0.15, -0.1) is 0 Å². The summed E-state index contributed by atoms with van der Waals surface area (Å²) in [6, 6.07) is 13.3. The maximum atomic E-state index is 12.8. The van der Waals surface area contributed by atoms with Crippen molar-refractivity contribution in [2.75, 3.05) is 17.2 Å². The van der Waals surface area contributed by atoms with Gasteiger partial charge in [0.25, 0.3) is 5.91 Å². The highest BCUT2D eigenvalue weighted by molar-refractivity contribution is 6.00. The van der Waals surface area contributed by atoms with Gasteiger partial charge in [0.2, 0.25) is 0 Å². The number of nitriles is 1. The van der Waals surface area contributed by atoms with Crippen molar-refractivity contribution in [2.24, 2.45) is 0 Å². The van der Waals surface area contributed by atoms with Crippen LogP contribution in [0.5, 0.6) is 5.75 Å². The molecule has 0 fully saturated rings. The minimum atomic E-state index is -0.659. The van der Waals surface area contributed by atoms with Crippen molar-refractivity contribution in [3.8, 4) is 11.8 Å². The Kier molecular flexibility index (Phi) is 4.13. The molecule has 0 radical (unpaired) electrons. The maximum absolute atomic E-state index is 12.8. The van der Waals surface area contributed by atoms with E-state index >= 15 is 0 Å². The highest BCUT2D eigenvalue weighted by Crippen LogP contribution is 2.36. The van der Waals surface area contributed by atoms with Crippen LogP contribution in [0.1, 0.15) is 16.7 Å². The molecule has 5 nitrogen and oxygen atoms in total. The molecule has 0 bridgehead atoms. The topological polar surface area (TPSA) is 79.3 Å². The van der Waals surface area contributed by atoms with Crippen LogP contribution in [0.2, 0.25) is 0 Å². The van der Waals surface area contributed by atoms with Crippen molar-refractivity contribution in [3.05, 3.63) is 53.1 Å². The van der Waals surface area contributed by atoms with E-state index < -0.39 is 6.10 Å². The van der Waals surface area contributed by atoms with E-state index in [0.717, 1.165) is 16.7 Å². The lowest BCUT2D eigenvalue weighted by Crippen LogP contribution is -2.47. The maximum Gasteiger partial charge on any atom is 0.269 e. The van der Waals surface area contributed by atoms with E-state index in [1.165, 1.54) is 4.90 Å². The highest BCUT2D eigenvalue weighted by atomic mass is 16.5. The van der Waals surface area contributed by atoms with Crippen molar-refractivity contribution in [2.45, 2.75) is 26.4 Å². The molecule has 0 saturated carbocycles. The number of aryl methyl sites for hydroxylation is 2. The number of nitrogen functional groups attached to an aromatic ring is 1. The highest BCUT2D eigenvalue weighted by Gasteiger charge is 2.34. The van der Waals surface area contributed by atoms with E-state index in [1.807, 2.05) is 32.0 Å². The van der Waals surface area contributed by atoms with Crippen LogP contribution in [-0.4, -0.2) is 18.6 Å². The zero-order chi connectivity index (χ0) is 17.3. The third-order valence-electron chi connectivity index (χ3n) is 4.22. The predicted molar refractivity (Wildman–Crippen MR) is 92.9 cm³/mol. The minimum Gasteiger partial charge on any atom is -0.478 e. The molecule has 0 saturated heterocycles. The molecule has 2 aromatic rings. The predicted octanol–water partition coefficient (Wildman–Crippen LogP) is 2.75. The lowest BCUT2D eigenvalue weighted by Gasteiger charge is -2.33. The number of amides is 1. The van der Waals surface area contributed by atoms with Crippen molar-refractivity contribution in [1.82, 2.24) is 0 Å². The largest absolute Gasteiger partial charge is 0.478 e. The van der Waals surface area contributed by atoms with Gasteiger partial charge in [-0.2, -0.15) is 5.26 Å². The SMILES string of the molecule is Cc1ccc(C)c(CC2Oc3cc(N)ccc3N(CC#N)C2=O)c1. The molecule has 3 rings (SSSR count). The number of benzene rings is 2. The lowest BCUT2D eigenvalue weighted by atomic mass is 9.98. The second-order valence-electron chi connectivity index (χ2n) is 6.05. The third-order valence-corrected chi connectivity index (χ3v) is 4.22. The second kappa shape index (κ2) is 6.25. The summed E-state index contributed by atoms with van der Waals surface area (Å²) in [6.07, 6.45) is -0.198. The van der Waals surface area contributed by atoms with E-state index in [9.17, 15) is 4.79 Å². The monoisotopic (exact) mass is 321 g/mol. The number of ether oxygens (including phenoxy) is 1. The fourth-order valence-corrected chi connectivity index (χ4v) is 2.93. The molecule has 1 aliphatic heterocycles. The van der Waals surface area contributed by atoms with Crippen molar-refractivity contribution >= 4 is 17.3 Å². The second-order valence-corrected chi connectivity index (χ2v) is 6.05. The van der Waals surface area contributed by atoms with Gasteiger partial charge in [0.1, 0.15) is 12.3 Å². The zero-order valence-corrected chi connectivity index (χ0v) is 13.7. The number of fused-ring (bicyclic) bond motifs is 1. The van der Waals surface area contributed by atoms with Gasteiger partial charge in [-0.3, -0.25) is 9.69 Å². The summed E-state index contributed by atoms with van der Waals surface area (Å²) >= 11 is 0.